The van der Waals surface area contributed by atoms with Gasteiger partial charge in [-0.1, -0.05) is 12.1 Å². The molecule has 2 N–H and O–H groups in total. The monoisotopic (exact) mass is 448 g/mol. The first-order chi connectivity index (χ1) is 16.0. The maximum atomic E-state index is 14.4. The number of carbonyl (C=O) groups excluding carboxylic acids is 1. The van der Waals surface area contributed by atoms with Crippen LogP contribution in [0.3, 0.4) is 0 Å². The molecule has 1 aliphatic carbocycles. The molecule has 7 heteroatoms. The molecule has 6 nitrogen and oxygen atoms in total. The van der Waals surface area contributed by atoms with E-state index in [0.29, 0.717) is 23.5 Å². The predicted octanol–water partition coefficient (Wildman–Crippen LogP) is 4.38. The molecule has 1 unspecified atom stereocenters. The molecule has 3 aromatic rings. The minimum absolute atomic E-state index is 0.0678. The van der Waals surface area contributed by atoms with Crippen molar-refractivity contribution in [3.8, 4) is 17.2 Å². The standard InChI is InChI=1S/C26H25FN2O4/c1-32-20-9-8-19-4-2-12-26(31,22(19)15-20)17-29-25(30)11-7-18-6-10-24(23(27)14-18)33-21-5-3-13-28-16-21/h3,5-11,13-16,31H,2,4,12,17H2,1H3,(H,29,30)/b11-7+. The highest BCUT2D eigenvalue weighted by molar-refractivity contribution is 5.91. The van der Waals surface area contributed by atoms with Crippen molar-refractivity contribution in [2.45, 2.75) is 24.9 Å². The molecule has 0 saturated heterocycles. The van der Waals surface area contributed by atoms with Gasteiger partial charge in [0.15, 0.2) is 11.6 Å². The van der Waals surface area contributed by atoms with Crippen LogP contribution < -0.4 is 14.8 Å². The number of amides is 1. The van der Waals surface area contributed by atoms with Gasteiger partial charge in [0.2, 0.25) is 5.91 Å². The molecule has 0 fully saturated rings. The molecule has 1 amide bonds. The molecular weight excluding hydrogens is 423 g/mol. The van der Waals surface area contributed by atoms with Crippen LogP contribution in [-0.2, 0) is 16.8 Å². The third-order valence-electron chi connectivity index (χ3n) is 5.66. The van der Waals surface area contributed by atoms with Crippen LogP contribution in [0.25, 0.3) is 6.08 Å². The van der Waals surface area contributed by atoms with Crippen LogP contribution in [0.5, 0.6) is 17.2 Å². The van der Waals surface area contributed by atoms with E-state index in [4.69, 9.17) is 9.47 Å². The van der Waals surface area contributed by atoms with E-state index in [-0.39, 0.29) is 18.2 Å². The van der Waals surface area contributed by atoms with Gasteiger partial charge in [-0.15, -0.1) is 0 Å². The summed E-state index contributed by atoms with van der Waals surface area (Å²) in [5.41, 5.74) is 1.18. The van der Waals surface area contributed by atoms with Crippen molar-refractivity contribution in [3.63, 3.8) is 0 Å². The topological polar surface area (TPSA) is 80.7 Å². The number of nitrogens with one attached hydrogen (secondary N) is 1. The fourth-order valence-corrected chi connectivity index (χ4v) is 3.93. The Morgan fingerprint density at radius 2 is 2.12 bits per heavy atom. The third kappa shape index (κ3) is 5.38. The second kappa shape index (κ2) is 9.83. The number of aromatic nitrogens is 1. The highest BCUT2D eigenvalue weighted by Gasteiger charge is 2.34. The van der Waals surface area contributed by atoms with E-state index in [1.807, 2.05) is 18.2 Å². The Morgan fingerprint density at radius 1 is 1.24 bits per heavy atom. The van der Waals surface area contributed by atoms with Gasteiger partial charge in [-0.05, 0) is 78.4 Å². The fourth-order valence-electron chi connectivity index (χ4n) is 3.93. The highest BCUT2D eigenvalue weighted by atomic mass is 19.1. The number of fused-ring (bicyclic) bond motifs is 1. The quantitative estimate of drug-likeness (QED) is 0.525. The summed E-state index contributed by atoms with van der Waals surface area (Å²) in [7, 11) is 1.58. The van der Waals surface area contributed by atoms with Crippen LogP contribution >= 0.6 is 0 Å². The van der Waals surface area contributed by atoms with E-state index < -0.39 is 11.4 Å². The van der Waals surface area contributed by atoms with Gasteiger partial charge < -0.3 is 19.9 Å². The van der Waals surface area contributed by atoms with Crippen LogP contribution in [0, 0.1) is 5.82 Å². The van der Waals surface area contributed by atoms with Crippen molar-refractivity contribution >= 4 is 12.0 Å². The van der Waals surface area contributed by atoms with Gasteiger partial charge in [0.05, 0.1) is 19.9 Å². The van der Waals surface area contributed by atoms with Crippen LogP contribution in [0.2, 0.25) is 0 Å². The second-order valence-electron chi connectivity index (χ2n) is 7.94. The molecule has 1 aliphatic rings. The predicted molar refractivity (Wildman–Crippen MR) is 123 cm³/mol. The van der Waals surface area contributed by atoms with Crippen molar-refractivity contribution in [3.05, 3.63) is 89.5 Å². The summed E-state index contributed by atoms with van der Waals surface area (Å²) in [5.74, 6) is 0.230. The number of ether oxygens (including phenoxy) is 2. The van der Waals surface area contributed by atoms with E-state index in [0.717, 1.165) is 24.0 Å². The van der Waals surface area contributed by atoms with Crippen molar-refractivity contribution in [2.75, 3.05) is 13.7 Å². The number of methoxy groups -OCH3 is 1. The molecule has 0 spiro atoms. The summed E-state index contributed by atoms with van der Waals surface area (Å²) in [4.78, 5) is 16.3. The van der Waals surface area contributed by atoms with Crippen molar-refractivity contribution in [2.24, 2.45) is 0 Å². The zero-order chi connectivity index (χ0) is 23.3. The molecule has 2 aromatic carbocycles. The lowest BCUT2D eigenvalue weighted by Crippen LogP contribution is -2.42. The number of pyridine rings is 1. The van der Waals surface area contributed by atoms with Gasteiger partial charge >= 0.3 is 0 Å². The molecule has 4 rings (SSSR count). The summed E-state index contributed by atoms with van der Waals surface area (Å²) in [6.45, 7) is 0.0720. The number of benzene rings is 2. The molecule has 0 saturated carbocycles. The molecule has 0 aliphatic heterocycles. The second-order valence-corrected chi connectivity index (χ2v) is 7.94. The number of carbonyl (C=O) groups is 1. The Bertz CT molecular complexity index is 1170. The Morgan fingerprint density at radius 3 is 2.88 bits per heavy atom. The molecule has 0 radical (unpaired) electrons. The fraction of sp³-hybridized carbons (Fsp3) is 0.231. The van der Waals surface area contributed by atoms with Gasteiger partial charge in [0.25, 0.3) is 0 Å². The smallest absolute Gasteiger partial charge is 0.244 e. The molecule has 1 aromatic heterocycles. The zero-order valence-corrected chi connectivity index (χ0v) is 18.3. The van der Waals surface area contributed by atoms with E-state index in [1.54, 1.807) is 31.5 Å². The minimum atomic E-state index is -1.16. The number of halogens is 1. The maximum absolute atomic E-state index is 14.4. The number of hydrogen-bond donors (Lipinski definition) is 2. The SMILES string of the molecule is COc1ccc2c(c1)C(O)(CNC(=O)/C=C/c1ccc(Oc3cccnc3)c(F)c1)CCC2. The number of rotatable bonds is 7. The average molecular weight is 448 g/mol. The van der Waals surface area contributed by atoms with Crippen LogP contribution in [0.1, 0.15) is 29.5 Å². The van der Waals surface area contributed by atoms with E-state index >= 15 is 0 Å². The van der Waals surface area contributed by atoms with Gasteiger partial charge in [0, 0.05) is 12.3 Å². The van der Waals surface area contributed by atoms with Crippen molar-refractivity contribution < 1.29 is 23.8 Å². The minimum Gasteiger partial charge on any atom is -0.497 e. The number of aliphatic hydroxyl groups is 1. The van der Waals surface area contributed by atoms with Crippen LogP contribution in [-0.4, -0.2) is 29.7 Å². The highest BCUT2D eigenvalue weighted by Crippen LogP contribution is 2.37. The number of hydrogen-bond acceptors (Lipinski definition) is 5. The van der Waals surface area contributed by atoms with Crippen molar-refractivity contribution in [1.29, 1.82) is 0 Å². The summed E-state index contributed by atoms with van der Waals surface area (Å²) in [5, 5.41) is 14.0. The molecule has 33 heavy (non-hydrogen) atoms. The summed E-state index contributed by atoms with van der Waals surface area (Å²) in [6, 6.07) is 13.5. The number of nitrogens with zero attached hydrogens (tertiary/aromatic N) is 1. The molecule has 1 heterocycles. The summed E-state index contributed by atoms with van der Waals surface area (Å²) >= 11 is 0. The summed E-state index contributed by atoms with van der Waals surface area (Å²) < 4.78 is 25.1. The Balaban J connectivity index is 1.38. The van der Waals surface area contributed by atoms with Gasteiger partial charge in [-0.2, -0.15) is 0 Å². The molecular formula is C26H25FN2O4. The molecule has 1 atom stereocenters. The Labute approximate surface area is 191 Å². The third-order valence-corrected chi connectivity index (χ3v) is 5.66. The van der Waals surface area contributed by atoms with Gasteiger partial charge in [-0.3, -0.25) is 9.78 Å². The number of aryl methyl sites for hydroxylation is 1. The molecule has 170 valence electrons. The lowest BCUT2D eigenvalue weighted by Gasteiger charge is -2.34. The Kier molecular flexibility index (Phi) is 6.70. The van der Waals surface area contributed by atoms with E-state index in [1.165, 1.54) is 30.5 Å². The maximum Gasteiger partial charge on any atom is 0.244 e. The van der Waals surface area contributed by atoms with E-state index in [9.17, 15) is 14.3 Å². The van der Waals surface area contributed by atoms with Crippen LogP contribution in [0.15, 0.2) is 67.0 Å². The Hall–Kier alpha value is -3.71. The van der Waals surface area contributed by atoms with Crippen molar-refractivity contribution in [1.82, 2.24) is 10.3 Å². The molecule has 0 bridgehead atoms. The van der Waals surface area contributed by atoms with Gasteiger partial charge in [-0.25, -0.2) is 4.39 Å². The first-order valence-electron chi connectivity index (χ1n) is 10.7. The largest absolute Gasteiger partial charge is 0.497 e. The first kappa shape index (κ1) is 22.5. The lowest BCUT2D eigenvalue weighted by atomic mass is 9.79. The summed E-state index contributed by atoms with van der Waals surface area (Å²) in [6.07, 6.45) is 8.16. The zero-order valence-electron chi connectivity index (χ0n) is 18.3. The average Bonchev–Trinajstić information content (AvgIpc) is 2.84. The normalized spacial score (nSPS) is 17.4. The lowest BCUT2D eigenvalue weighted by molar-refractivity contribution is -0.118. The van der Waals surface area contributed by atoms with Gasteiger partial charge in [0.1, 0.15) is 17.1 Å². The van der Waals surface area contributed by atoms with Crippen LogP contribution in [0.4, 0.5) is 4.39 Å². The van der Waals surface area contributed by atoms with E-state index in [2.05, 4.69) is 10.3 Å². The first-order valence-corrected chi connectivity index (χ1v) is 10.7.